The van der Waals surface area contributed by atoms with Gasteiger partial charge in [0.1, 0.15) is 0 Å². The summed E-state index contributed by atoms with van der Waals surface area (Å²) in [5, 5.41) is 23.0. The highest BCUT2D eigenvalue weighted by molar-refractivity contribution is 6.39. The lowest BCUT2D eigenvalue weighted by molar-refractivity contribution is -0.384. The number of carbonyl (C=O) groups is 1. The number of rotatable bonds is 4. The molecule has 0 heterocycles. The topological polar surface area (TPSA) is 92.5 Å². The molecule has 108 valence electrons. The standard InChI is InChI=1S/C12H12Cl2N2O4/c13-9-4-8(16(19)20)5-10(14)11(9)15-7-2-1-6(3-7)12(17)18/h4-7,15H,1-3H2,(H,17,18). The molecule has 0 bridgehead atoms. The molecule has 1 aromatic carbocycles. The van der Waals surface area contributed by atoms with E-state index in [1.54, 1.807) is 0 Å². The van der Waals surface area contributed by atoms with Crippen molar-refractivity contribution in [3.05, 3.63) is 32.3 Å². The van der Waals surface area contributed by atoms with Crippen molar-refractivity contribution in [3.8, 4) is 0 Å². The third kappa shape index (κ3) is 3.13. The number of hydrogen-bond acceptors (Lipinski definition) is 4. The summed E-state index contributed by atoms with van der Waals surface area (Å²) in [6.07, 6.45) is 1.77. The van der Waals surface area contributed by atoms with Crippen molar-refractivity contribution in [3.63, 3.8) is 0 Å². The highest BCUT2D eigenvalue weighted by Crippen LogP contribution is 2.37. The van der Waals surface area contributed by atoms with Crippen LogP contribution in [-0.2, 0) is 4.79 Å². The Morgan fingerprint density at radius 1 is 1.35 bits per heavy atom. The molecule has 2 rings (SSSR count). The van der Waals surface area contributed by atoms with Gasteiger partial charge in [0.05, 0.1) is 26.6 Å². The minimum absolute atomic E-state index is 0.0486. The summed E-state index contributed by atoms with van der Waals surface area (Å²) in [5.74, 6) is -1.18. The van der Waals surface area contributed by atoms with E-state index in [2.05, 4.69) is 5.32 Å². The van der Waals surface area contributed by atoms with Crippen molar-refractivity contribution in [2.45, 2.75) is 25.3 Å². The number of nitrogens with zero attached hydrogens (tertiary/aromatic N) is 1. The van der Waals surface area contributed by atoms with E-state index in [-0.39, 0.29) is 27.7 Å². The Kier molecular flexibility index (Phi) is 4.35. The predicted molar refractivity (Wildman–Crippen MR) is 75.5 cm³/mol. The molecule has 2 N–H and O–H groups in total. The lowest BCUT2D eigenvalue weighted by atomic mass is 10.1. The number of hydrogen-bond donors (Lipinski definition) is 2. The number of carboxylic acids is 1. The summed E-state index contributed by atoms with van der Waals surface area (Å²) < 4.78 is 0. The SMILES string of the molecule is O=C(O)C1CCC(Nc2c(Cl)cc([N+](=O)[O-])cc2Cl)C1. The molecule has 1 aliphatic carbocycles. The van der Waals surface area contributed by atoms with Gasteiger partial charge in [0.25, 0.3) is 5.69 Å². The van der Waals surface area contributed by atoms with Crippen molar-refractivity contribution >= 4 is 40.5 Å². The molecular formula is C12H12Cl2N2O4. The number of nitro benzene ring substituents is 1. The van der Waals surface area contributed by atoms with Crippen molar-refractivity contribution < 1.29 is 14.8 Å². The maximum atomic E-state index is 10.9. The van der Waals surface area contributed by atoms with Crippen LogP contribution in [0.2, 0.25) is 10.0 Å². The zero-order chi connectivity index (χ0) is 14.9. The van der Waals surface area contributed by atoms with E-state index >= 15 is 0 Å². The number of nitrogens with one attached hydrogen (secondary N) is 1. The normalized spacial score (nSPS) is 21.7. The first-order valence-corrected chi connectivity index (χ1v) is 6.77. The Labute approximate surface area is 124 Å². The van der Waals surface area contributed by atoms with E-state index in [1.807, 2.05) is 0 Å². The lowest BCUT2D eigenvalue weighted by Crippen LogP contribution is -2.18. The Hall–Kier alpha value is -1.53. The highest BCUT2D eigenvalue weighted by atomic mass is 35.5. The van der Waals surface area contributed by atoms with Crippen LogP contribution in [0.25, 0.3) is 0 Å². The number of nitro groups is 1. The summed E-state index contributed by atoms with van der Waals surface area (Å²) in [5.41, 5.74) is 0.232. The van der Waals surface area contributed by atoms with Gasteiger partial charge in [-0.3, -0.25) is 14.9 Å². The number of non-ortho nitro benzene ring substituents is 1. The summed E-state index contributed by atoms with van der Waals surface area (Å²) in [7, 11) is 0. The van der Waals surface area contributed by atoms with Crippen molar-refractivity contribution in [1.82, 2.24) is 0 Å². The first-order chi connectivity index (χ1) is 9.38. The van der Waals surface area contributed by atoms with Gasteiger partial charge in [-0.05, 0) is 19.3 Å². The van der Waals surface area contributed by atoms with Crippen LogP contribution in [0.1, 0.15) is 19.3 Å². The molecule has 6 nitrogen and oxygen atoms in total. The predicted octanol–water partition coefficient (Wildman–Crippen LogP) is 3.57. The molecule has 0 amide bonds. The average molecular weight is 319 g/mol. The fraction of sp³-hybridized carbons (Fsp3) is 0.417. The van der Waals surface area contributed by atoms with Gasteiger partial charge in [-0.25, -0.2) is 0 Å². The zero-order valence-corrected chi connectivity index (χ0v) is 11.8. The van der Waals surface area contributed by atoms with Crippen LogP contribution >= 0.6 is 23.2 Å². The molecule has 2 unspecified atom stereocenters. The number of anilines is 1. The van der Waals surface area contributed by atoms with Crippen LogP contribution in [0.3, 0.4) is 0 Å². The van der Waals surface area contributed by atoms with Crippen LogP contribution in [0.15, 0.2) is 12.1 Å². The third-order valence-corrected chi connectivity index (χ3v) is 3.96. The van der Waals surface area contributed by atoms with E-state index in [4.69, 9.17) is 28.3 Å². The number of halogens is 2. The lowest BCUT2D eigenvalue weighted by Gasteiger charge is -2.16. The van der Waals surface area contributed by atoms with Gasteiger partial charge in [0, 0.05) is 18.2 Å². The number of aliphatic carboxylic acids is 1. The maximum Gasteiger partial charge on any atom is 0.306 e. The molecule has 0 spiro atoms. The largest absolute Gasteiger partial charge is 0.481 e. The van der Waals surface area contributed by atoms with Gasteiger partial charge in [0.15, 0.2) is 0 Å². The first-order valence-electron chi connectivity index (χ1n) is 6.01. The van der Waals surface area contributed by atoms with Gasteiger partial charge in [-0.1, -0.05) is 23.2 Å². The third-order valence-electron chi connectivity index (χ3n) is 3.37. The Morgan fingerprint density at radius 3 is 2.40 bits per heavy atom. The summed E-state index contributed by atoms with van der Waals surface area (Å²) in [4.78, 5) is 21.0. The molecule has 1 aliphatic rings. The molecule has 1 aromatic rings. The van der Waals surface area contributed by atoms with Crippen molar-refractivity contribution in [1.29, 1.82) is 0 Å². The molecular weight excluding hydrogens is 307 g/mol. The fourth-order valence-electron chi connectivity index (χ4n) is 2.34. The molecule has 0 aromatic heterocycles. The fourth-order valence-corrected chi connectivity index (χ4v) is 2.93. The van der Waals surface area contributed by atoms with Gasteiger partial charge in [-0.15, -0.1) is 0 Å². The zero-order valence-electron chi connectivity index (χ0n) is 10.3. The summed E-state index contributed by atoms with van der Waals surface area (Å²) in [6, 6.07) is 2.39. The number of carboxylic acid groups (broad SMARTS) is 1. The van der Waals surface area contributed by atoms with E-state index in [0.717, 1.165) is 0 Å². The van der Waals surface area contributed by atoms with Crippen molar-refractivity contribution in [2.24, 2.45) is 5.92 Å². The van der Waals surface area contributed by atoms with Gasteiger partial charge in [0.2, 0.25) is 0 Å². The monoisotopic (exact) mass is 318 g/mol. The molecule has 8 heteroatoms. The van der Waals surface area contributed by atoms with Crippen LogP contribution < -0.4 is 5.32 Å². The molecule has 0 radical (unpaired) electrons. The molecule has 0 aliphatic heterocycles. The maximum absolute atomic E-state index is 10.9. The minimum atomic E-state index is -0.810. The second-order valence-electron chi connectivity index (χ2n) is 4.73. The Morgan fingerprint density at radius 2 is 1.95 bits per heavy atom. The van der Waals surface area contributed by atoms with E-state index < -0.39 is 10.9 Å². The van der Waals surface area contributed by atoms with Crippen LogP contribution in [0.5, 0.6) is 0 Å². The molecule has 2 atom stereocenters. The molecule has 0 saturated heterocycles. The van der Waals surface area contributed by atoms with E-state index in [9.17, 15) is 14.9 Å². The Bertz CT molecular complexity index is 541. The summed E-state index contributed by atoms with van der Waals surface area (Å²) >= 11 is 12.0. The minimum Gasteiger partial charge on any atom is -0.481 e. The average Bonchev–Trinajstić information content (AvgIpc) is 2.82. The van der Waals surface area contributed by atoms with E-state index in [1.165, 1.54) is 12.1 Å². The quantitative estimate of drug-likeness (QED) is 0.654. The number of benzene rings is 1. The van der Waals surface area contributed by atoms with Gasteiger partial charge in [-0.2, -0.15) is 0 Å². The molecule has 1 fully saturated rings. The van der Waals surface area contributed by atoms with Crippen molar-refractivity contribution in [2.75, 3.05) is 5.32 Å². The van der Waals surface area contributed by atoms with E-state index in [0.29, 0.717) is 24.9 Å². The molecule has 1 saturated carbocycles. The molecule has 20 heavy (non-hydrogen) atoms. The second kappa shape index (κ2) is 5.85. The van der Waals surface area contributed by atoms with Crippen LogP contribution in [0, 0.1) is 16.0 Å². The second-order valence-corrected chi connectivity index (χ2v) is 5.55. The first kappa shape index (κ1) is 14.9. The smallest absolute Gasteiger partial charge is 0.306 e. The Balaban J connectivity index is 2.15. The summed E-state index contributed by atoms with van der Waals surface area (Å²) in [6.45, 7) is 0. The van der Waals surface area contributed by atoms with Crippen LogP contribution in [0.4, 0.5) is 11.4 Å². The van der Waals surface area contributed by atoms with Gasteiger partial charge >= 0.3 is 5.97 Å². The van der Waals surface area contributed by atoms with Crippen LogP contribution in [-0.4, -0.2) is 22.0 Å². The highest BCUT2D eigenvalue weighted by Gasteiger charge is 2.30. The van der Waals surface area contributed by atoms with Gasteiger partial charge < -0.3 is 10.4 Å².